The third kappa shape index (κ3) is 6.92. The highest BCUT2D eigenvalue weighted by Gasteiger charge is 2.43. The van der Waals surface area contributed by atoms with Crippen molar-refractivity contribution in [3.63, 3.8) is 0 Å². The molecule has 1 aromatic heterocycles. The minimum Gasteiger partial charge on any atom is -0.493 e. The molecule has 2 saturated carbocycles. The fourth-order valence-electron chi connectivity index (χ4n) is 6.28. The van der Waals surface area contributed by atoms with Crippen LogP contribution in [0.2, 0.25) is 5.02 Å². The topological polar surface area (TPSA) is 67.3 Å². The summed E-state index contributed by atoms with van der Waals surface area (Å²) in [4.78, 5) is 23.4. The Morgan fingerprint density at radius 2 is 1.92 bits per heavy atom. The van der Waals surface area contributed by atoms with Gasteiger partial charge in [-0.15, -0.1) is 0 Å². The number of halogens is 2. The summed E-state index contributed by atoms with van der Waals surface area (Å²) in [7, 11) is 0. The molecule has 0 unspecified atom stereocenters. The molecule has 2 aromatic rings. The first-order chi connectivity index (χ1) is 17.9. The molecule has 2 aliphatic carbocycles. The van der Waals surface area contributed by atoms with Gasteiger partial charge in [-0.25, -0.2) is 14.4 Å². The number of nitrogens with one attached hydrogen (secondary N) is 1. The zero-order chi connectivity index (χ0) is 25.8. The van der Waals surface area contributed by atoms with E-state index in [0.717, 1.165) is 75.8 Å². The first-order valence-corrected chi connectivity index (χ1v) is 14.2. The smallest absolute Gasteiger partial charge is 0.225 e. The van der Waals surface area contributed by atoms with Gasteiger partial charge in [0.25, 0.3) is 0 Å². The Bertz CT molecular complexity index is 1070. The second-order valence-electron chi connectivity index (χ2n) is 11.4. The van der Waals surface area contributed by atoms with Crippen LogP contribution in [0.3, 0.4) is 0 Å². The van der Waals surface area contributed by atoms with Gasteiger partial charge >= 0.3 is 0 Å². The van der Waals surface area contributed by atoms with E-state index in [4.69, 9.17) is 16.3 Å². The lowest BCUT2D eigenvalue weighted by Gasteiger charge is -2.34. The van der Waals surface area contributed by atoms with E-state index in [-0.39, 0.29) is 23.7 Å². The van der Waals surface area contributed by atoms with E-state index in [1.54, 1.807) is 24.5 Å². The molecule has 1 aromatic carbocycles. The summed E-state index contributed by atoms with van der Waals surface area (Å²) >= 11 is 5.90. The molecule has 37 heavy (non-hydrogen) atoms. The lowest BCUT2D eigenvalue weighted by atomic mass is 9.83. The van der Waals surface area contributed by atoms with Crippen LogP contribution >= 0.6 is 11.6 Å². The monoisotopic (exact) mass is 528 g/mol. The number of nitrogens with zero attached hydrogens (tertiary/aromatic N) is 3. The molecule has 1 N–H and O–H groups in total. The molecule has 1 saturated heterocycles. The number of hydrogen-bond donors (Lipinski definition) is 1. The molecule has 0 bridgehead atoms. The van der Waals surface area contributed by atoms with Crippen LogP contribution in [0, 0.1) is 23.6 Å². The van der Waals surface area contributed by atoms with Crippen molar-refractivity contribution in [2.45, 2.75) is 76.7 Å². The van der Waals surface area contributed by atoms with Crippen LogP contribution in [0.1, 0.15) is 70.3 Å². The van der Waals surface area contributed by atoms with Crippen LogP contribution in [0.25, 0.3) is 0 Å². The summed E-state index contributed by atoms with van der Waals surface area (Å²) in [6.07, 6.45) is 13.4. The first-order valence-electron chi connectivity index (χ1n) is 13.8. The number of carbonyl (C=O) groups excluding carboxylic acids is 1. The van der Waals surface area contributed by atoms with Gasteiger partial charge in [-0.05, 0) is 74.8 Å². The number of amides is 1. The average molecular weight is 529 g/mol. The standard InChI is InChI=1S/C29H38ClFN4O2/c1-29(10-3-2-4-11-29)34-27(36)16-22-5-6-24(17-26(22)31)37-14-9-21-15-25(21)20-7-12-35(13-8-20)28-32-18-23(30)19-33-28/h5-6,17-21,25H,2-4,7-16H2,1H3,(H,34,36)/t21-,25-/m1/s1. The fourth-order valence-corrected chi connectivity index (χ4v) is 6.37. The van der Waals surface area contributed by atoms with Gasteiger partial charge in [-0.1, -0.05) is 36.9 Å². The number of rotatable bonds is 9. The van der Waals surface area contributed by atoms with Crippen LogP contribution in [0.5, 0.6) is 5.75 Å². The average Bonchev–Trinajstić information content (AvgIpc) is 3.66. The maximum absolute atomic E-state index is 14.7. The molecule has 0 spiro atoms. The Labute approximate surface area is 224 Å². The van der Waals surface area contributed by atoms with Crippen molar-refractivity contribution in [2.24, 2.45) is 17.8 Å². The largest absolute Gasteiger partial charge is 0.493 e. The van der Waals surface area contributed by atoms with Gasteiger partial charge in [-0.2, -0.15) is 0 Å². The number of carbonyl (C=O) groups is 1. The normalized spacial score (nSPS) is 23.5. The van der Waals surface area contributed by atoms with Gasteiger partial charge in [0.05, 0.1) is 30.4 Å². The van der Waals surface area contributed by atoms with Crippen molar-refractivity contribution in [3.8, 4) is 5.75 Å². The quantitative estimate of drug-likeness (QED) is 0.434. The molecule has 5 rings (SSSR count). The van der Waals surface area contributed by atoms with Gasteiger partial charge in [0.15, 0.2) is 0 Å². The maximum Gasteiger partial charge on any atom is 0.225 e. The molecule has 8 heteroatoms. The Hall–Kier alpha value is -2.41. The summed E-state index contributed by atoms with van der Waals surface area (Å²) in [5.41, 5.74) is 0.263. The number of aromatic nitrogens is 2. The highest BCUT2D eigenvalue weighted by Crippen LogP contribution is 2.49. The third-order valence-corrected chi connectivity index (χ3v) is 8.74. The molecule has 1 amide bonds. The number of piperidine rings is 1. The summed E-state index contributed by atoms with van der Waals surface area (Å²) in [5.74, 6) is 3.02. The lowest BCUT2D eigenvalue weighted by molar-refractivity contribution is -0.122. The summed E-state index contributed by atoms with van der Waals surface area (Å²) in [6, 6.07) is 4.89. The van der Waals surface area contributed by atoms with Gasteiger partial charge in [0.1, 0.15) is 11.6 Å². The van der Waals surface area contributed by atoms with E-state index in [9.17, 15) is 9.18 Å². The van der Waals surface area contributed by atoms with E-state index in [1.165, 1.54) is 18.9 Å². The Morgan fingerprint density at radius 3 is 2.62 bits per heavy atom. The van der Waals surface area contributed by atoms with Crippen LogP contribution in [0.15, 0.2) is 30.6 Å². The molecule has 2 heterocycles. The van der Waals surface area contributed by atoms with Crippen molar-refractivity contribution >= 4 is 23.5 Å². The summed E-state index contributed by atoms with van der Waals surface area (Å²) in [5, 5.41) is 3.69. The molecule has 200 valence electrons. The third-order valence-electron chi connectivity index (χ3n) is 8.54. The van der Waals surface area contributed by atoms with Gasteiger partial charge in [0, 0.05) is 24.7 Å². The van der Waals surface area contributed by atoms with Gasteiger partial charge < -0.3 is 15.0 Å². The van der Waals surface area contributed by atoms with Crippen molar-refractivity contribution < 1.29 is 13.9 Å². The predicted octanol–water partition coefficient (Wildman–Crippen LogP) is 5.97. The summed E-state index contributed by atoms with van der Waals surface area (Å²) < 4.78 is 20.6. The van der Waals surface area contributed by atoms with Gasteiger partial charge in [0.2, 0.25) is 11.9 Å². The molecular weight excluding hydrogens is 491 g/mol. The maximum atomic E-state index is 14.7. The zero-order valence-corrected chi connectivity index (χ0v) is 22.5. The highest BCUT2D eigenvalue weighted by molar-refractivity contribution is 6.30. The first kappa shape index (κ1) is 26.2. The Morgan fingerprint density at radius 1 is 1.19 bits per heavy atom. The predicted molar refractivity (Wildman–Crippen MR) is 143 cm³/mol. The summed E-state index contributed by atoms with van der Waals surface area (Å²) in [6.45, 7) is 4.65. The second-order valence-corrected chi connectivity index (χ2v) is 11.9. The van der Waals surface area contributed by atoms with Crippen LogP contribution in [-0.4, -0.2) is 41.1 Å². The van der Waals surface area contributed by atoms with E-state index in [1.807, 2.05) is 0 Å². The van der Waals surface area contributed by atoms with Crippen molar-refractivity contribution in [2.75, 3.05) is 24.6 Å². The van der Waals surface area contributed by atoms with Crippen molar-refractivity contribution in [1.29, 1.82) is 0 Å². The van der Waals surface area contributed by atoms with Gasteiger partial charge in [-0.3, -0.25) is 4.79 Å². The minimum atomic E-state index is -0.373. The minimum absolute atomic E-state index is 0.0639. The van der Waals surface area contributed by atoms with Crippen molar-refractivity contribution in [1.82, 2.24) is 15.3 Å². The van der Waals surface area contributed by atoms with E-state index >= 15 is 0 Å². The van der Waals surface area contributed by atoms with E-state index in [2.05, 4.69) is 27.1 Å². The zero-order valence-electron chi connectivity index (χ0n) is 21.7. The molecule has 3 aliphatic rings. The Balaban J connectivity index is 1.01. The van der Waals surface area contributed by atoms with Crippen molar-refractivity contribution in [3.05, 3.63) is 47.0 Å². The number of anilines is 1. The van der Waals surface area contributed by atoms with Crippen LogP contribution in [-0.2, 0) is 11.2 Å². The molecule has 1 aliphatic heterocycles. The molecule has 3 fully saturated rings. The van der Waals surface area contributed by atoms with Crippen LogP contribution in [0.4, 0.5) is 10.3 Å². The van der Waals surface area contributed by atoms with E-state index < -0.39 is 0 Å². The second kappa shape index (κ2) is 11.5. The molecule has 2 atom stereocenters. The lowest BCUT2D eigenvalue weighted by Crippen LogP contribution is -2.47. The highest BCUT2D eigenvalue weighted by atomic mass is 35.5. The Kier molecular flexibility index (Phi) is 8.18. The number of ether oxygens (including phenoxy) is 1. The molecule has 0 radical (unpaired) electrons. The number of benzene rings is 1. The number of hydrogen-bond acceptors (Lipinski definition) is 5. The molecule has 6 nitrogen and oxygen atoms in total. The van der Waals surface area contributed by atoms with E-state index in [0.29, 0.717) is 28.9 Å². The molecular formula is C29H38ClFN4O2. The fraction of sp³-hybridized carbons (Fsp3) is 0.621. The van der Waals surface area contributed by atoms with Crippen LogP contribution < -0.4 is 15.0 Å². The SMILES string of the molecule is CC1(NC(=O)Cc2ccc(OCC[C@@H]3C[C@@H]3C3CCN(c4ncc(Cl)cn4)CC3)cc2F)CCCCC1.